The molecule has 0 radical (unpaired) electrons. The molecule has 0 atom stereocenters. The van der Waals surface area contributed by atoms with Crippen molar-refractivity contribution in [1.82, 2.24) is 34.9 Å². The van der Waals surface area contributed by atoms with Gasteiger partial charge in [0.15, 0.2) is 5.65 Å². The maximum absolute atomic E-state index is 5.74. The Morgan fingerprint density at radius 2 is 2.08 bits per heavy atom. The fourth-order valence-corrected chi connectivity index (χ4v) is 2.98. The van der Waals surface area contributed by atoms with Gasteiger partial charge in [0.25, 0.3) is 0 Å². The van der Waals surface area contributed by atoms with E-state index >= 15 is 0 Å². The molecule has 2 aliphatic rings. The van der Waals surface area contributed by atoms with Crippen LogP contribution in [0.4, 0.5) is 5.82 Å². The number of anilines is 1. The Hall–Kier alpha value is -2.55. The third-order valence-corrected chi connectivity index (χ3v) is 4.75. The number of nitrogens with zero attached hydrogens (tertiary/aromatic N) is 8. The van der Waals surface area contributed by atoms with Crippen molar-refractivity contribution in [1.29, 1.82) is 0 Å². The Kier molecular flexibility index (Phi) is 3.02. The van der Waals surface area contributed by atoms with Crippen LogP contribution in [0.5, 0.6) is 0 Å². The molecule has 2 fully saturated rings. The number of rotatable bonds is 5. The van der Waals surface area contributed by atoms with Gasteiger partial charge in [-0.25, -0.2) is 0 Å². The van der Waals surface area contributed by atoms with Crippen molar-refractivity contribution in [3.05, 3.63) is 30.2 Å². The van der Waals surface area contributed by atoms with Gasteiger partial charge in [0.2, 0.25) is 11.8 Å². The van der Waals surface area contributed by atoms with Gasteiger partial charge >= 0.3 is 0 Å². The summed E-state index contributed by atoms with van der Waals surface area (Å²) in [4.78, 5) is 4.50. The fraction of sp³-hybridized carbons (Fsp3) is 0.533. The van der Waals surface area contributed by atoms with Crippen LogP contribution in [0, 0.1) is 0 Å². The van der Waals surface area contributed by atoms with Crippen LogP contribution in [0.15, 0.2) is 22.9 Å². The van der Waals surface area contributed by atoms with E-state index in [0.29, 0.717) is 24.4 Å². The highest BCUT2D eigenvalue weighted by Gasteiger charge is 2.33. The molecule has 0 aromatic carbocycles. The van der Waals surface area contributed by atoms with Crippen LogP contribution >= 0.6 is 0 Å². The molecular formula is C15H18N8O. The summed E-state index contributed by atoms with van der Waals surface area (Å²) in [6.45, 7) is 2.55. The minimum atomic E-state index is 0.458. The highest BCUT2D eigenvalue weighted by atomic mass is 16.4. The molecule has 0 amide bonds. The number of likely N-dealkylation sites (N-methyl/N-ethyl adjacent to an activating group) is 1. The highest BCUT2D eigenvalue weighted by Crippen LogP contribution is 2.39. The lowest BCUT2D eigenvalue weighted by Gasteiger charge is -2.44. The number of hydrogen-bond donors (Lipinski definition) is 0. The Labute approximate surface area is 138 Å². The second-order valence-electron chi connectivity index (χ2n) is 6.61. The summed E-state index contributed by atoms with van der Waals surface area (Å²) < 4.78 is 7.44. The van der Waals surface area contributed by atoms with Crippen molar-refractivity contribution in [3.8, 4) is 0 Å². The Balaban J connectivity index is 1.20. The second kappa shape index (κ2) is 5.23. The van der Waals surface area contributed by atoms with Gasteiger partial charge < -0.3 is 9.32 Å². The molecule has 1 saturated carbocycles. The molecule has 5 rings (SSSR count). The normalized spacial score (nSPS) is 18.5. The van der Waals surface area contributed by atoms with E-state index in [9.17, 15) is 0 Å². The molecule has 9 nitrogen and oxygen atoms in total. The first-order chi connectivity index (χ1) is 11.8. The lowest BCUT2D eigenvalue weighted by molar-refractivity contribution is 0.179. The summed E-state index contributed by atoms with van der Waals surface area (Å²) >= 11 is 0. The topological polar surface area (TPSA) is 88.5 Å². The molecular weight excluding hydrogens is 308 g/mol. The zero-order valence-electron chi connectivity index (χ0n) is 13.4. The molecule has 0 bridgehead atoms. The largest absolute Gasteiger partial charge is 0.424 e. The number of fused-ring (bicyclic) bond motifs is 1. The number of aromatic nitrogens is 6. The Morgan fingerprint density at radius 1 is 1.21 bits per heavy atom. The second-order valence-corrected chi connectivity index (χ2v) is 6.61. The van der Waals surface area contributed by atoms with Gasteiger partial charge in [-0.05, 0) is 32.0 Å². The minimum Gasteiger partial charge on any atom is -0.424 e. The van der Waals surface area contributed by atoms with E-state index in [4.69, 9.17) is 4.42 Å². The minimum absolute atomic E-state index is 0.458. The summed E-state index contributed by atoms with van der Waals surface area (Å²) in [6, 6.07) is 4.38. The smallest absolute Gasteiger partial charge is 0.230 e. The first-order valence-corrected chi connectivity index (χ1v) is 8.21. The van der Waals surface area contributed by atoms with Gasteiger partial charge in [0, 0.05) is 25.0 Å². The molecule has 3 aromatic heterocycles. The van der Waals surface area contributed by atoms with Crippen LogP contribution < -0.4 is 4.90 Å². The molecule has 9 heteroatoms. The SMILES string of the molecule is CN(Cc1nnc(C2CC2)o1)C1CN(c2ccc3nncn3n2)C1. The summed E-state index contributed by atoms with van der Waals surface area (Å²) in [6.07, 6.45) is 3.98. The van der Waals surface area contributed by atoms with E-state index in [0.717, 1.165) is 30.4 Å². The maximum Gasteiger partial charge on any atom is 0.230 e. The zero-order valence-corrected chi connectivity index (χ0v) is 13.4. The van der Waals surface area contributed by atoms with Gasteiger partial charge in [0.1, 0.15) is 12.1 Å². The van der Waals surface area contributed by atoms with E-state index in [1.54, 1.807) is 10.8 Å². The standard InChI is InChI=1S/C15H18N8O/c1-21(8-14-18-19-15(24-14)10-2-3-10)11-6-22(7-11)13-5-4-12-17-16-9-23(12)20-13/h4-5,9-11H,2-3,6-8H2,1H3. The van der Waals surface area contributed by atoms with Gasteiger partial charge in [-0.2, -0.15) is 4.52 Å². The molecule has 0 spiro atoms. The van der Waals surface area contributed by atoms with Crippen molar-refractivity contribution in [2.45, 2.75) is 31.3 Å². The van der Waals surface area contributed by atoms with Crippen molar-refractivity contribution < 1.29 is 4.42 Å². The van der Waals surface area contributed by atoms with E-state index in [-0.39, 0.29) is 0 Å². The van der Waals surface area contributed by atoms with E-state index in [2.05, 4.69) is 42.3 Å². The average Bonchev–Trinajstić information content (AvgIpc) is 3.09. The van der Waals surface area contributed by atoms with Crippen LogP contribution in [-0.4, -0.2) is 61.1 Å². The van der Waals surface area contributed by atoms with Crippen LogP contribution in [-0.2, 0) is 6.54 Å². The monoisotopic (exact) mass is 326 g/mol. The Bertz CT molecular complexity index is 863. The van der Waals surface area contributed by atoms with E-state index in [1.807, 2.05) is 12.1 Å². The van der Waals surface area contributed by atoms with Gasteiger partial charge in [-0.15, -0.1) is 25.5 Å². The molecule has 3 aromatic rings. The predicted molar refractivity (Wildman–Crippen MR) is 84.5 cm³/mol. The zero-order chi connectivity index (χ0) is 16.1. The lowest BCUT2D eigenvalue weighted by Crippen LogP contribution is -2.58. The van der Waals surface area contributed by atoms with E-state index in [1.165, 1.54) is 12.8 Å². The van der Waals surface area contributed by atoms with Gasteiger partial charge in [-0.1, -0.05) is 0 Å². The number of hydrogen-bond acceptors (Lipinski definition) is 8. The van der Waals surface area contributed by atoms with Crippen LogP contribution in [0.25, 0.3) is 5.65 Å². The third-order valence-electron chi connectivity index (χ3n) is 4.75. The van der Waals surface area contributed by atoms with Crippen LogP contribution in [0.3, 0.4) is 0 Å². The van der Waals surface area contributed by atoms with Crippen molar-refractivity contribution >= 4 is 11.5 Å². The first kappa shape index (κ1) is 13.8. The average molecular weight is 326 g/mol. The summed E-state index contributed by atoms with van der Waals surface area (Å²) in [5.74, 6) is 2.97. The Morgan fingerprint density at radius 3 is 2.92 bits per heavy atom. The molecule has 0 unspecified atom stereocenters. The first-order valence-electron chi connectivity index (χ1n) is 8.21. The molecule has 1 aliphatic heterocycles. The third kappa shape index (κ3) is 2.41. The molecule has 124 valence electrons. The van der Waals surface area contributed by atoms with Crippen LogP contribution in [0.1, 0.15) is 30.5 Å². The molecule has 24 heavy (non-hydrogen) atoms. The molecule has 4 heterocycles. The maximum atomic E-state index is 5.74. The van der Waals surface area contributed by atoms with Crippen molar-refractivity contribution in [2.24, 2.45) is 0 Å². The highest BCUT2D eigenvalue weighted by molar-refractivity contribution is 5.47. The van der Waals surface area contributed by atoms with Gasteiger partial charge in [-0.3, -0.25) is 4.90 Å². The summed E-state index contributed by atoms with van der Waals surface area (Å²) in [5.41, 5.74) is 0.760. The molecule has 1 saturated heterocycles. The van der Waals surface area contributed by atoms with Crippen molar-refractivity contribution in [2.75, 3.05) is 25.0 Å². The van der Waals surface area contributed by atoms with Gasteiger partial charge in [0.05, 0.1) is 6.54 Å². The lowest BCUT2D eigenvalue weighted by atomic mass is 10.1. The van der Waals surface area contributed by atoms with Crippen LogP contribution in [0.2, 0.25) is 0 Å². The van der Waals surface area contributed by atoms with Crippen molar-refractivity contribution in [3.63, 3.8) is 0 Å². The fourth-order valence-electron chi connectivity index (χ4n) is 2.98. The molecule has 1 aliphatic carbocycles. The summed E-state index contributed by atoms with van der Waals surface area (Å²) in [5, 5.41) is 20.7. The van der Waals surface area contributed by atoms with E-state index < -0.39 is 0 Å². The summed E-state index contributed by atoms with van der Waals surface area (Å²) in [7, 11) is 2.10. The molecule has 0 N–H and O–H groups in total. The predicted octanol–water partition coefficient (Wildman–Crippen LogP) is 0.705. The quantitative estimate of drug-likeness (QED) is 0.677.